The van der Waals surface area contributed by atoms with Gasteiger partial charge in [-0.25, -0.2) is 9.37 Å². The average Bonchev–Trinajstić information content (AvgIpc) is 3.48. The highest BCUT2D eigenvalue weighted by molar-refractivity contribution is 5.90. The number of nitrogens with one attached hydrogen (secondary N) is 1. The van der Waals surface area contributed by atoms with Crippen LogP contribution in [0.15, 0.2) is 30.5 Å². The van der Waals surface area contributed by atoms with E-state index in [0.29, 0.717) is 12.5 Å². The van der Waals surface area contributed by atoms with Gasteiger partial charge in [-0.05, 0) is 48.3 Å². The number of carbonyl (C=O) groups is 1. The molecule has 0 saturated heterocycles. The summed E-state index contributed by atoms with van der Waals surface area (Å²) >= 11 is 0. The summed E-state index contributed by atoms with van der Waals surface area (Å²) in [6, 6.07) is 6.43. The maximum absolute atomic E-state index is 13.4. The number of benzene rings is 1. The standard InChI is InChI=1S/C19H21F2N3O2/c1-19(13-5-6-13,9-12-3-7-14(20)8-4-12)11-23-17(25)16-22-10-15(21)18(24-16)26-2/h3-4,7-8,10,13H,5-6,9,11H2,1-2H3,(H,23,25)/t19-/m0/s1. The Balaban J connectivity index is 1.68. The molecule has 5 nitrogen and oxygen atoms in total. The predicted molar refractivity (Wildman–Crippen MR) is 91.8 cm³/mol. The van der Waals surface area contributed by atoms with E-state index >= 15 is 0 Å². The minimum atomic E-state index is -0.719. The van der Waals surface area contributed by atoms with Crippen LogP contribution in [0.5, 0.6) is 5.88 Å². The van der Waals surface area contributed by atoms with Gasteiger partial charge in [0, 0.05) is 6.54 Å². The minimum absolute atomic E-state index is 0.136. The molecular weight excluding hydrogens is 340 g/mol. The molecule has 1 aromatic heterocycles. The van der Waals surface area contributed by atoms with Gasteiger partial charge in [0.1, 0.15) is 5.82 Å². The second kappa shape index (κ2) is 7.35. The van der Waals surface area contributed by atoms with Gasteiger partial charge in [0.2, 0.25) is 11.6 Å². The number of ether oxygens (including phenoxy) is 1. The summed E-state index contributed by atoms with van der Waals surface area (Å²) in [6.07, 6.45) is 3.86. The highest BCUT2D eigenvalue weighted by Gasteiger charge is 2.41. The Morgan fingerprint density at radius 3 is 2.62 bits per heavy atom. The van der Waals surface area contributed by atoms with Gasteiger partial charge in [0.05, 0.1) is 13.3 Å². The van der Waals surface area contributed by atoms with Crippen LogP contribution in [-0.4, -0.2) is 29.5 Å². The Bertz CT molecular complexity index is 794. The first-order chi connectivity index (χ1) is 12.4. The zero-order chi connectivity index (χ0) is 18.7. The van der Waals surface area contributed by atoms with E-state index in [0.717, 1.165) is 31.0 Å². The minimum Gasteiger partial charge on any atom is -0.479 e. The van der Waals surface area contributed by atoms with Crippen LogP contribution < -0.4 is 10.1 Å². The summed E-state index contributed by atoms with van der Waals surface area (Å²) in [4.78, 5) is 19.9. The monoisotopic (exact) mass is 361 g/mol. The molecule has 2 aromatic rings. The molecular formula is C19H21F2N3O2. The summed E-state index contributed by atoms with van der Waals surface area (Å²) in [5.74, 6) is -1.36. The van der Waals surface area contributed by atoms with Crippen molar-refractivity contribution in [2.24, 2.45) is 11.3 Å². The van der Waals surface area contributed by atoms with E-state index in [2.05, 4.69) is 22.2 Å². The SMILES string of the molecule is COc1nc(C(=O)NC[C@](C)(Cc2ccc(F)cc2)C2CC2)ncc1F. The van der Waals surface area contributed by atoms with Crippen molar-refractivity contribution in [1.82, 2.24) is 15.3 Å². The third-order valence-corrected chi connectivity index (χ3v) is 4.85. The number of hydrogen-bond donors (Lipinski definition) is 1. The molecule has 1 atom stereocenters. The van der Waals surface area contributed by atoms with Crippen molar-refractivity contribution in [2.75, 3.05) is 13.7 Å². The summed E-state index contributed by atoms with van der Waals surface area (Å²) in [5.41, 5.74) is 0.868. The van der Waals surface area contributed by atoms with Crippen LogP contribution in [0, 0.1) is 23.0 Å². The first kappa shape index (κ1) is 18.2. The van der Waals surface area contributed by atoms with Crippen LogP contribution in [0.3, 0.4) is 0 Å². The highest BCUT2D eigenvalue weighted by atomic mass is 19.1. The number of hydrogen-bond acceptors (Lipinski definition) is 4. The normalized spacial score (nSPS) is 16.0. The first-order valence-electron chi connectivity index (χ1n) is 8.50. The quantitative estimate of drug-likeness (QED) is 0.823. The van der Waals surface area contributed by atoms with Crippen molar-refractivity contribution in [2.45, 2.75) is 26.2 Å². The molecule has 138 valence electrons. The molecule has 1 aromatic carbocycles. The van der Waals surface area contributed by atoms with Crippen molar-refractivity contribution in [3.8, 4) is 5.88 Å². The van der Waals surface area contributed by atoms with Crippen molar-refractivity contribution in [1.29, 1.82) is 0 Å². The Kier molecular flexibility index (Phi) is 5.15. The summed E-state index contributed by atoms with van der Waals surface area (Å²) in [5, 5.41) is 2.85. The van der Waals surface area contributed by atoms with E-state index < -0.39 is 11.7 Å². The van der Waals surface area contributed by atoms with Crippen LogP contribution in [0.1, 0.15) is 35.9 Å². The third-order valence-electron chi connectivity index (χ3n) is 4.85. The van der Waals surface area contributed by atoms with E-state index in [9.17, 15) is 13.6 Å². The van der Waals surface area contributed by atoms with Gasteiger partial charge in [-0.2, -0.15) is 9.37 Å². The van der Waals surface area contributed by atoms with Crippen molar-refractivity contribution < 1.29 is 18.3 Å². The fourth-order valence-electron chi connectivity index (χ4n) is 3.17. The lowest BCUT2D eigenvalue weighted by Crippen LogP contribution is -2.39. The molecule has 7 heteroatoms. The highest BCUT2D eigenvalue weighted by Crippen LogP contribution is 2.47. The van der Waals surface area contributed by atoms with Crippen LogP contribution in [0.2, 0.25) is 0 Å². The molecule has 1 N–H and O–H groups in total. The Morgan fingerprint density at radius 2 is 2.00 bits per heavy atom. The number of aromatic nitrogens is 2. The molecule has 0 spiro atoms. The Hall–Kier alpha value is -2.57. The van der Waals surface area contributed by atoms with Gasteiger partial charge in [-0.3, -0.25) is 4.79 Å². The topological polar surface area (TPSA) is 64.1 Å². The van der Waals surface area contributed by atoms with Crippen LogP contribution in [0.4, 0.5) is 8.78 Å². The number of nitrogens with zero attached hydrogens (tertiary/aromatic N) is 2. The second-order valence-corrected chi connectivity index (χ2v) is 6.97. The number of amides is 1. The lowest BCUT2D eigenvalue weighted by molar-refractivity contribution is 0.0914. The zero-order valence-electron chi connectivity index (χ0n) is 14.8. The van der Waals surface area contributed by atoms with Crippen molar-refractivity contribution >= 4 is 5.91 Å². The van der Waals surface area contributed by atoms with Crippen molar-refractivity contribution in [3.05, 3.63) is 53.5 Å². The summed E-state index contributed by atoms with van der Waals surface area (Å²) in [7, 11) is 1.28. The molecule has 1 fully saturated rings. The van der Waals surface area contributed by atoms with Crippen LogP contribution in [-0.2, 0) is 6.42 Å². The Morgan fingerprint density at radius 1 is 1.31 bits per heavy atom. The van der Waals surface area contributed by atoms with Gasteiger partial charge in [-0.15, -0.1) is 0 Å². The first-order valence-corrected chi connectivity index (χ1v) is 8.50. The summed E-state index contributed by atoms with van der Waals surface area (Å²) in [6.45, 7) is 2.54. The third kappa shape index (κ3) is 4.15. The van der Waals surface area contributed by atoms with E-state index in [4.69, 9.17) is 4.74 Å². The molecule has 0 radical (unpaired) electrons. The lowest BCUT2D eigenvalue weighted by atomic mass is 9.79. The fourth-order valence-corrected chi connectivity index (χ4v) is 3.17. The number of methoxy groups -OCH3 is 1. The van der Waals surface area contributed by atoms with E-state index in [1.807, 2.05) is 0 Å². The molecule has 3 rings (SSSR count). The number of halogens is 2. The van der Waals surface area contributed by atoms with E-state index in [1.54, 1.807) is 12.1 Å². The molecule has 0 bridgehead atoms. The number of rotatable bonds is 7. The van der Waals surface area contributed by atoms with Gasteiger partial charge in [-0.1, -0.05) is 19.1 Å². The molecule has 0 unspecified atom stereocenters. The lowest BCUT2D eigenvalue weighted by Gasteiger charge is -2.30. The van der Waals surface area contributed by atoms with E-state index in [-0.39, 0.29) is 22.9 Å². The molecule has 1 aliphatic rings. The smallest absolute Gasteiger partial charge is 0.289 e. The molecule has 1 aliphatic carbocycles. The summed E-state index contributed by atoms with van der Waals surface area (Å²) < 4.78 is 31.3. The van der Waals surface area contributed by atoms with Gasteiger partial charge < -0.3 is 10.1 Å². The Labute approximate surface area is 150 Å². The molecule has 1 amide bonds. The van der Waals surface area contributed by atoms with Gasteiger partial charge >= 0.3 is 0 Å². The van der Waals surface area contributed by atoms with Crippen molar-refractivity contribution in [3.63, 3.8) is 0 Å². The van der Waals surface area contributed by atoms with Gasteiger partial charge in [0.25, 0.3) is 11.8 Å². The fraction of sp³-hybridized carbons (Fsp3) is 0.421. The van der Waals surface area contributed by atoms with E-state index in [1.165, 1.54) is 19.2 Å². The molecule has 26 heavy (non-hydrogen) atoms. The predicted octanol–water partition coefficient (Wildman–Crippen LogP) is 3.15. The number of carbonyl (C=O) groups excluding carboxylic acids is 1. The van der Waals surface area contributed by atoms with Crippen LogP contribution in [0.25, 0.3) is 0 Å². The van der Waals surface area contributed by atoms with Gasteiger partial charge in [0.15, 0.2) is 0 Å². The molecule has 1 saturated carbocycles. The van der Waals surface area contributed by atoms with Crippen LogP contribution >= 0.6 is 0 Å². The zero-order valence-corrected chi connectivity index (χ0v) is 14.8. The second-order valence-electron chi connectivity index (χ2n) is 6.97. The maximum atomic E-state index is 13.4. The maximum Gasteiger partial charge on any atom is 0.289 e. The average molecular weight is 361 g/mol. The largest absolute Gasteiger partial charge is 0.479 e. The molecule has 0 aliphatic heterocycles. The molecule has 1 heterocycles.